The molecule has 3 amide bonds. The second kappa shape index (κ2) is 25.3. The number of nitrogens with zero attached hydrogens (tertiary/aromatic N) is 9. The Labute approximate surface area is 535 Å². The van der Waals surface area contributed by atoms with Gasteiger partial charge in [0.2, 0.25) is 34.5 Å². The van der Waals surface area contributed by atoms with Gasteiger partial charge in [-0.3, -0.25) is 38.4 Å². The van der Waals surface area contributed by atoms with E-state index >= 15 is 0 Å². The number of anilines is 3. The molecule has 0 bridgehead atoms. The van der Waals surface area contributed by atoms with Gasteiger partial charge in [0, 0.05) is 39.9 Å². The molecule has 6 aromatic rings. The number of esters is 1. The third-order valence-electron chi connectivity index (χ3n) is 14.6. The molecule has 0 saturated heterocycles. The maximum atomic E-state index is 12.2. The number of allylic oxidation sites excluding steroid dienone is 2. The van der Waals surface area contributed by atoms with E-state index in [0.29, 0.717) is 45.8 Å². The average molecular weight is 1310 g/mol. The monoisotopic (exact) mass is 1310 g/mol. The van der Waals surface area contributed by atoms with Crippen molar-refractivity contribution in [1.82, 2.24) is 0 Å². The van der Waals surface area contributed by atoms with Crippen LogP contribution >= 0.6 is 69.6 Å². The molecule has 20 nitrogen and oxygen atoms in total. The van der Waals surface area contributed by atoms with Crippen molar-refractivity contribution in [3.63, 3.8) is 0 Å². The SMILES string of the molecule is CC1(C)C(=O)Cc2ccc(Oc3c(Cl)cc(N4N=C(C#N)C(=O)CC4=O)cc3Cl)cc21.CC1=CCc2ccc(Cc3c(Cl)cc(N4N=C(C#N)C(=O)CC4=O)cc3Cl)cc21.N#CC1=NN(c2cc(Cl)c(Oc3ccc4c(c3)OC(=O)C4)c(Cl)c2)C(=O)CC1=O. The van der Waals surface area contributed by atoms with Crippen LogP contribution in [0.5, 0.6) is 28.7 Å². The lowest BCUT2D eigenvalue weighted by Crippen LogP contribution is -2.36. The number of Topliss-reactive ketones (excluding diaryl/α,β-unsaturated/α-hetero) is 4. The van der Waals surface area contributed by atoms with Crippen LogP contribution in [-0.2, 0) is 69.5 Å². The van der Waals surface area contributed by atoms with Crippen LogP contribution < -0.4 is 29.2 Å². The second-order valence-electron chi connectivity index (χ2n) is 20.9. The Morgan fingerprint density at radius 3 is 1.42 bits per heavy atom. The van der Waals surface area contributed by atoms with Gasteiger partial charge >= 0.3 is 5.97 Å². The molecule has 0 aromatic heterocycles. The van der Waals surface area contributed by atoms with Crippen LogP contribution in [0.2, 0.25) is 30.1 Å². The summed E-state index contributed by atoms with van der Waals surface area (Å²) in [7, 11) is 0. The lowest BCUT2D eigenvalue weighted by atomic mass is 9.86. The molecule has 4 heterocycles. The zero-order valence-corrected chi connectivity index (χ0v) is 51.0. The Kier molecular flexibility index (Phi) is 17.7. The third kappa shape index (κ3) is 12.9. The van der Waals surface area contributed by atoms with Crippen molar-refractivity contribution >= 4 is 156 Å². The van der Waals surface area contributed by atoms with Crippen LogP contribution in [0.1, 0.15) is 79.0 Å². The number of hydrogen-bond acceptors (Lipinski definition) is 17. The minimum Gasteiger partial charge on any atom is -0.454 e. The van der Waals surface area contributed by atoms with Gasteiger partial charge in [-0.15, -0.1) is 0 Å². The fraction of sp³-hybridized carbons (Fsp3) is 0.175. The Morgan fingerprint density at radius 2 is 0.955 bits per heavy atom. The standard InChI is InChI=1S/C22H15Cl2N3O4.C22H15Cl2N3O2.C19H9Cl2N3O5/c1-22(2)14-8-13(4-3-11(14)5-19(22)29)31-21-15(23)6-12(7-16(21)24)27-20(30)9-18(28)17(10-25)26-27;1-12-2-4-14-5-3-13(6-16(12)14)7-17-18(23)8-15(9-19(17)24)27-22(29)10-21(28)20(11-25)26-27;20-12-4-10(24-17(26)7-15(25)14(8-22)23-24)5-13(21)19(12)28-11-2-1-9-3-18(27)29-16(9)6-11/h3-4,6-8H,5,9H2,1-2H3;2-3,5-6,8-9H,4,7,10H2,1H3;1-2,4-6H,3,7H2. The van der Waals surface area contributed by atoms with Crippen LogP contribution in [0.4, 0.5) is 17.1 Å². The molecule has 0 spiro atoms. The van der Waals surface area contributed by atoms with E-state index in [4.69, 9.17) is 99.6 Å². The van der Waals surface area contributed by atoms with Crippen LogP contribution in [0.15, 0.2) is 112 Å². The summed E-state index contributed by atoms with van der Waals surface area (Å²) < 4.78 is 16.7. The largest absolute Gasteiger partial charge is 0.454 e. The Balaban J connectivity index is 0.000000147. The maximum Gasteiger partial charge on any atom is 0.315 e. The molecule has 0 radical (unpaired) electrons. The van der Waals surface area contributed by atoms with Crippen molar-refractivity contribution in [1.29, 1.82) is 15.8 Å². The average Bonchev–Trinajstić information content (AvgIpc) is 1.94. The first kappa shape index (κ1) is 62.5. The predicted octanol–water partition coefficient (Wildman–Crippen LogP) is 12.5. The van der Waals surface area contributed by atoms with E-state index in [2.05, 4.69) is 46.5 Å². The number of ketones is 4. The number of rotatable bonds is 9. The molecule has 26 heteroatoms. The summed E-state index contributed by atoms with van der Waals surface area (Å²) >= 11 is 38.2. The maximum absolute atomic E-state index is 12.2. The molecule has 0 fully saturated rings. The van der Waals surface area contributed by atoms with Gasteiger partial charge in [-0.2, -0.15) is 46.1 Å². The number of amides is 3. The van der Waals surface area contributed by atoms with E-state index in [1.807, 2.05) is 19.9 Å². The van der Waals surface area contributed by atoms with Gasteiger partial charge in [0.15, 0.2) is 11.5 Å². The summed E-state index contributed by atoms with van der Waals surface area (Å²) in [6, 6.07) is 30.4. The van der Waals surface area contributed by atoms with Gasteiger partial charge < -0.3 is 14.2 Å². The molecule has 0 saturated carbocycles. The minimum absolute atomic E-state index is 0.0726. The van der Waals surface area contributed by atoms with E-state index in [1.54, 1.807) is 60.7 Å². The molecule has 2 aliphatic carbocycles. The first-order valence-electron chi connectivity index (χ1n) is 26.5. The molecular weight excluding hydrogens is 1270 g/mol. The van der Waals surface area contributed by atoms with E-state index in [1.165, 1.54) is 41.0 Å². The quantitative estimate of drug-likeness (QED) is 0.0739. The van der Waals surface area contributed by atoms with Crippen LogP contribution in [-0.4, -0.2) is 64.0 Å². The summed E-state index contributed by atoms with van der Waals surface area (Å²) in [4.78, 5) is 95.1. The van der Waals surface area contributed by atoms with Gasteiger partial charge in [-0.05, 0) is 121 Å². The lowest BCUT2D eigenvalue weighted by molar-refractivity contribution is -0.132. The van der Waals surface area contributed by atoms with Crippen LogP contribution in [0, 0.1) is 34.0 Å². The molecule has 444 valence electrons. The summed E-state index contributed by atoms with van der Waals surface area (Å²) in [5.41, 5.74) is 7.26. The van der Waals surface area contributed by atoms with Crippen molar-refractivity contribution in [3.8, 4) is 47.0 Å². The molecule has 0 atom stereocenters. The fourth-order valence-electron chi connectivity index (χ4n) is 9.94. The zero-order valence-electron chi connectivity index (χ0n) is 46.5. The molecule has 6 aromatic carbocycles. The van der Waals surface area contributed by atoms with E-state index in [-0.39, 0.29) is 78.3 Å². The van der Waals surface area contributed by atoms with E-state index in [0.717, 1.165) is 49.3 Å². The highest BCUT2D eigenvalue weighted by atomic mass is 35.5. The Bertz CT molecular complexity index is 4410. The van der Waals surface area contributed by atoms with Gasteiger partial charge in [-0.1, -0.05) is 106 Å². The lowest BCUT2D eigenvalue weighted by Gasteiger charge is -2.22. The van der Waals surface area contributed by atoms with Crippen molar-refractivity contribution in [2.45, 2.75) is 71.1 Å². The molecule has 4 aliphatic heterocycles. The zero-order chi connectivity index (χ0) is 63.9. The number of hydrazone groups is 3. The fourth-order valence-corrected chi connectivity index (χ4v) is 11.7. The highest BCUT2D eigenvalue weighted by Crippen LogP contribution is 2.45. The number of ether oxygens (including phenoxy) is 3. The van der Waals surface area contributed by atoms with Gasteiger partial charge in [0.25, 0.3) is 17.7 Å². The molecule has 0 unspecified atom stereocenters. The summed E-state index contributed by atoms with van der Waals surface area (Å²) in [5.74, 6) is -2.35. The number of hydrogen-bond donors (Lipinski definition) is 0. The molecular formula is C63H39Cl6N9O11. The molecule has 0 N–H and O–H groups in total. The van der Waals surface area contributed by atoms with Crippen LogP contribution in [0.3, 0.4) is 0 Å². The molecule has 6 aliphatic rings. The first-order chi connectivity index (χ1) is 42.3. The summed E-state index contributed by atoms with van der Waals surface area (Å²) in [6.07, 6.45) is 2.93. The second-order valence-corrected chi connectivity index (χ2v) is 23.3. The smallest absolute Gasteiger partial charge is 0.315 e. The van der Waals surface area contributed by atoms with E-state index in [9.17, 15) is 38.4 Å². The Morgan fingerprint density at radius 1 is 0.528 bits per heavy atom. The number of carbonyl (C=O) groups excluding carboxylic acids is 8. The topological polar surface area (TPSA) is 282 Å². The first-order valence-corrected chi connectivity index (χ1v) is 28.8. The highest BCUT2D eigenvalue weighted by Gasteiger charge is 2.39. The van der Waals surface area contributed by atoms with Crippen molar-refractivity contribution in [3.05, 3.63) is 166 Å². The van der Waals surface area contributed by atoms with Gasteiger partial charge in [0.1, 0.15) is 41.2 Å². The highest BCUT2D eigenvalue weighted by molar-refractivity contribution is 6.52. The number of fused-ring (bicyclic) bond motifs is 3. The number of halogens is 6. The van der Waals surface area contributed by atoms with Crippen molar-refractivity contribution in [2.24, 2.45) is 15.3 Å². The third-order valence-corrected chi connectivity index (χ3v) is 16.4. The molecule has 89 heavy (non-hydrogen) atoms. The van der Waals surface area contributed by atoms with Crippen molar-refractivity contribution in [2.75, 3.05) is 15.0 Å². The normalized spacial score (nSPS) is 16.2. The minimum atomic E-state index is -0.650. The number of nitriles is 3. The summed E-state index contributed by atoms with van der Waals surface area (Å²) in [6.45, 7) is 5.84. The number of carbonyl (C=O) groups is 8. The van der Waals surface area contributed by atoms with Gasteiger partial charge in [-0.25, -0.2) is 0 Å². The van der Waals surface area contributed by atoms with Gasteiger partial charge in [0.05, 0.1) is 62.8 Å². The van der Waals surface area contributed by atoms with Crippen LogP contribution in [0.25, 0.3) is 5.57 Å². The predicted molar refractivity (Wildman–Crippen MR) is 331 cm³/mol. The van der Waals surface area contributed by atoms with E-state index < -0.39 is 59.7 Å². The Hall–Kier alpha value is -9.56. The number of benzene rings is 6. The summed E-state index contributed by atoms with van der Waals surface area (Å²) in [5, 5.41) is 42.4. The van der Waals surface area contributed by atoms with Crippen molar-refractivity contribution < 1.29 is 52.6 Å². The molecule has 12 rings (SSSR count).